The summed E-state index contributed by atoms with van der Waals surface area (Å²) in [5.74, 6) is 2.05. The zero-order valence-corrected chi connectivity index (χ0v) is 12.4. The van der Waals surface area contributed by atoms with Crippen molar-refractivity contribution in [3.05, 3.63) is 11.9 Å². The monoisotopic (exact) mass is 267 g/mol. The SMILES string of the molecule is CCCCOc1cc(NC(C)CC)nc(COC)n1. The predicted octanol–water partition coefficient (Wildman–Crippen LogP) is 3.01. The maximum absolute atomic E-state index is 5.64. The van der Waals surface area contributed by atoms with Gasteiger partial charge in [-0.3, -0.25) is 0 Å². The Morgan fingerprint density at radius 1 is 1.32 bits per heavy atom. The van der Waals surface area contributed by atoms with E-state index < -0.39 is 0 Å². The second-order valence-electron chi connectivity index (χ2n) is 4.60. The molecule has 0 fully saturated rings. The van der Waals surface area contributed by atoms with Crippen LogP contribution in [0.25, 0.3) is 0 Å². The third kappa shape index (κ3) is 5.87. The fraction of sp³-hybridized carbons (Fsp3) is 0.714. The Morgan fingerprint density at radius 3 is 2.74 bits per heavy atom. The van der Waals surface area contributed by atoms with Gasteiger partial charge in [0.25, 0.3) is 0 Å². The molecule has 19 heavy (non-hydrogen) atoms. The Bertz CT molecular complexity index is 372. The van der Waals surface area contributed by atoms with E-state index in [2.05, 4.69) is 36.1 Å². The molecule has 0 aromatic carbocycles. The quantitative estimate of drug-likeness (QED) is 0.697. The number of aromatic nitrogens is 2. The van der Waals surface area contributed by atoms with Crippen LogP contribution in [-0.4, -0.2) is 29.7 Å². The van der Waals surface area contributed by atoms with Gasteiger partial charge >= 0.3 is 0 Å². The Hall–Kier alpha value is -1.36. The van der Waals surface area contributed by atoms with E-state index >= 15 is 0 Å². The number of nitrogens with one attached hydrogen (secondary N) is 1. The first-order valence-electron chi connectivity index (χ1n) is 6.95. The summed E-state index contributed by atoms with van der Waals surface area (Å²) < 4.78 is 10.7. The Morgan fingerprint density at radius 2 is 2.11 bits per heavy atom. The van der Waals surface area contributed by atoms with Crippen LogP contribution in [0.2, 0.25) is 0 Å². The van der Waals surface area contributed by atoms with Crippen LogP contribution < -0.4 is 10.1 Å². The first kappa shape index (κ1) is 15.7. The van der Waals surface area contributed by atoms with E-state index in [-0.39, 0.29) is 0 Å². The second-order valence-corrected chi connectivity index (χ2v) is 4.60. The van der Waals surface area contributed by atoms with Gasteiger partial charge in [0.2, 0.25) is 5.88 Å². The Balaban J connectivity index is 2.77. The fourth-order valence-electron chi connectivity index (χ4n) is 1.49. The summed E-state index contributed by atoms with van der Waals surface area (Å²) in [7, 11) is 1.63. The lowest BCUT2D eigenvalue weighted by Crippen LogP contribution is -2.16. The molecule has 108 valence electrons. The molecule has 0 aliphatic carbocycles. The normalized spacial score (nSPS) is 12.2. The lowest BCUT2D eigenvalue weighted by Gasteiger charge is -2.14. The van der Waals surface area contributed by atoms with Crippen molar-refractivity contribution in [3.63, 3.8) is 0 Å². The van der Waals surface area contributed by atoms with E-state index in [4.69, 9.17) is 9.47 Å². The first-order valence-corrected chi connectivity index (χ1v) is 6.95. The van der Waals surface area contributed by atoms with Gasteiger partial charge in [-0.15, -0.1) is 0 Å². The number of rotatable bonds is 9. The highest BCUT2D eigenvalue weighted by Crippen LogP contribution is 2.16. The molecule has 5 nitrogen and oxygen atoms in total. The molecule has 0 spiro atoms. The van der Waals surface area contributed by atoms with E-state index in [1.54, 1.807) is 7.11 Å². The summed E-state index contributed by atoms with van der Waals surface area (Å²) in [6.45, 7) is 7.46. The predicted molar refractivity (Wildman–Crippen MR) is 76.5 cm³/mol. The van der Waals surface area contributed by atoms with Crippen molar-refractivity contribution in [2.75, 3.05) is 19.0 Å². The average Bonchev–Trinajstić information content (AvgIpc) is 2.39. The molecule has 0 radical (unpaired) electrons. The molecular formula is C14H25N3O2. The van der Waals surface area contributed by atoms with E-state index in [1.165, 1.54) is 0 Å². The largest absolute Gasteiger partial charge is 0.478 e. The minimum atomic E-state index is 0.369. The van der Waals surface area contributed by atoms with Crippen LogP contribution in [0.15, 0.2) is 6.07 Å². The van der Waals surface area contributed by atoms with Crippen LogP contribution in [0.5, 0.6) is 5.88 Å². The molecular weight excluding hydrogens is 242 g/mol. The van der Waals surface area contributed by atoms with Gasteiger partial charge in [0.1, 0.15) is 12.4 Å². The molecule has 0 aliphatic rings. The third-order valence-corrected chi connectivity index (χ3v) is 2.78. The average molecular weight is 267 g/mol. The number of nitrogens with zero attached hydrogens (tertiary/aromatic N) is 2. The maximum atomic E-state index is 5.64. The van der Waals surface area contributed by atoms with Gasteiger partial charge in [-0.25, -0.2) is 4.98 Å². The highest BCUT2D eigenvalue weighted by molar-refractivity contribution is 5.39. The van der Waals surface area contributed by atoms with Crippen LogP contribution in [0.1, 0.15) is 45.9 Å². The van der Waals surface area contributed by atoms with Gasteiger partial charge in [0.05, 0.1) is 6.61 Å². The van der Waals surface area contributed by atoms with Gasteiger partial charge < -0.3 is 14.8 Å². The molecule has 1 rings (SSSR count). The fourth-order valence-corrected chi connectivity index (χ4v) is 1.49. The number of hydrogen-bond donors (Lipinski definition) is 1. The van der Waals surface area contributed by atoms with Gasteiger partial charge in [0.15, 0.2) is 5.82 Å². The Labute approximate surface area is 115 Å². The number of unbranched alkanes of at least 4 members (excludes halogenated alkanes) is 1. The molecule has 1 atom stereocenters. The van der Waals surface area contributed by atoms with E-state index in [0.29, 0.717) is 31.0 Å². The smallest absolute Gasteiger partial charge is 0.218 e. The summed E-state index contributed by atoms with van der Waals surface area (Å²) in [5, 5.41) is 3.33. The minimum Gasteiger partial charge on any atom is -0.478 e. The molecule has 1 unspecified atom stereocenters. The van der Waals surface area contributed by atoms with Crippen molar-refractivity contribution < 1.29 is 9.47 Å². The summed E-state index contributed by atoms with van der Waals surface area (Å²) >= 11 is 0. The van der Waals surface area contributed by atoms with E-state index in [1.807, 2.05) is 6.07 Å². The highest BCUT2D eigenvalue weighted by atomic mass is 16.5. The zero-order chi connectivity index (χ0) is 14.1. The van der Waals surface area contributed by atoms with Gasteiger partial charge in [-0.05, 0) is 19.8 Å². The van der Waals surface area contributed by atoms with Crippen molar-refractivity contribution in [2.24, 2.45) is 0 Å². The minimum absolute atomic E-state index is 0.369. The topological polar surface area (TPSA) is 56.3 Å². The summed E-state index contributed by atoms with van der Waals surface area (Å²) in [6, 6.07) is 2.22. The lowest BCUT2D eigenvalue weighted by atomic mass is 10.2. The maximum Gasteiger partial charge on any atom is 0.218 e. The number of methoxy groups -OCH3 is 1. The van der Waals surface area contributed by atoms with E-state index in [9.17, 15) is 0 Å². The molecule has 1 N–H and O–H groups in total. The van der Waals surface area contributed by atoms with E-state index in [0.717, 1.165) is 25.1 Å². The molecule has 0 bridgehead atoms. The van der Waals surface area contributed by atoms with Crippen molar-refractivity contribution >= 4 is 5.82 Å². The van der Waals surface area contributed by atoms with Crippen LogP contribution >= 0.6 is 0 Å². The zero-order valence-electron chi connectivity index (χ0n) is 12.4. The van der Waals surface area contributed by atoms with Crippen LogP contribution in [0.4, 0.5) is 5.82 Å². The highest BCUT2D eigenvalue weighted by Gasteiger charge is 2.07. The van der Waals surface area contributed by atoms with Gasteiger partial charge in [0, 0.05) is 19.2 Å². The molecule has 1 aromatic rings. The second kappa shape index (κ2) is 8.69. The summed E-state index contributed by atoms with van der Waals surface area (Å²) in [4.78, 5) is 8.74. The van der Waals surface area contributed by atoms with Crippen molar-refractivity contribution in [1.29, 1.82) is 0 Å². The molecule has 5 heteroatoms. The third-order valence-electron chi connectivity index (χ3n) is 2.78. The lowest BCUT2D eigenvalue weighted by molar-refractivity contribution is 0.176. The number of ether oxygens (including phenoxy) is 2. The van der Waals surface area contributed by atoms with Gasteiger partial charge in [-0.2, -0.15) is 4.98 Å². The molecule has 0 saturated carbocycles. The van der Waals surface area contributed by atoms with Crippen molar-refractivity contribution in [3.8, 4) is 5.88 Å². The van der Waals surface area contributed by atoms with Crippen molar-refractivity contribution in [2.45, 2.75) is 52.7 Å². The Kier molecular flexibility index (Phi) is 7.18. The number of hydrogen-bond acceptors (Lipinski definition) is 5. The number of anilines is 1. The molecule has 0 amide bonds. The standard InChI is InChI=1S/C14H25N3O2/c1-5-7-8-19-14-9-12(15-11(3)6-2)16-13(17-14)10-18-4/h9,11H,5-8,10H2,1-4H3,(H,15,16,17). The van der Waals surface area contributed by atoms with Crippen LogP contribution in [0, 0.1) is 0 Å². The van der Waals surface area contributed by atoms with Crippen molar-refractivity contribution in [1.82, 2.24) is 9.97 Å². The molecule has 0 aliphatic heterocycles. The van der Waals surface area contributed by atoms with Gasteiger partial charge in [-0.1, -0.05) is 20.3 Å². The first-order chi connectivity index (χ1) is 9.19. The van der Waals surface area contributed by atoms with Crippen LogP contribution in [0.3, 0.4) is 0 Å². The molecule has 1 aromatic heterocycles. The summed E-state index contributed by atoms with van der Waals surface area (Å²) in [6.07, 6.45) is 3.17. The van der Waals surface area contributed by atoms with Crippen LogP contribution in [-0.2, 0) is 11.3 Å². The summed E-state index contributed by atoms with van der Waals surface area (Å²) in [5.41, 5.74) is 0. The molecule has 0 saturated heterocycles. The molecule has 1 heterocycles.